The minimum absolute atomic E-state index is 0.0289. The van der Waals surface area contributed by atoms with E-state index in [1.807, 2.05) is 48.8 Å². The molecule has 3 amide bonds. The minimum atomic E-state index is -0.637. The Labute approximate surface area is 204 Å². The molecule has 0 aromatic heterocycles. The van der Waals surface area contributed by atoms with Crippen LogP contribution in [0.2, 0.25) is 0 Å². The molecular formula is C26H43N5O3. The van der Waals surface area contributed by atoms with Gasteiger partial charge in [-0.05, 0) is 51.3 Å². The molecule has 1 aliphatic heterocycles. The van der Waals surface area contributed by atoms with Gasteiger partial charge in [-0.25, -0.2) is 0 Å². The van der Waals surface area contributed by atoms with Crippen LogP contribution in [0.5, 0.6) is 0 Å². The van der Waals surface area contributed by atoms with Crippen LogP contribution in [0, 0.1) is 5.41 Å². The average molecular weight is 474 g/mol. The highest BCUT2D eigenvalue weighted by molar-refractivity contribution is 5.90. The maximum absolute atomic E-state index is 13.7. The Morgan fingerprint density at radius 3 is 2.41 bits per heavy atom. The number of hydrogen-bond acceptors (Lipinski definition) is 5. The van der Waals surface area contributed by atoms with Crippen LogP contribution >= 0.6 is 0 Å². The predicted molar refractivity (Wildman–Crippen MR) is 135 cm³/mol. The number of benzene rings is 1. The highest BCUT2D eigenvalue weighted by Crippen LogP contribution is 2.26. The molecule has 0 bridgehead atoms. The van der Waals surface area contributed by atoms with E-state index in [4.69, 9.17) is 0 Å². The molecule has 0 radical (unpaired) electrons. The molecule has 0 aliphatic carbocycles. The largest absolute Gasteiger partial charge is 0.342 e. The molecule has 1 aromatic rings. The topological polar surface area (TPSA) is 93.8 Å². The monoisotopic (exact) mass is 473 g/mol. The molecule has 8 nitrogen and oxygen atoms in total. The van der Waals surface area contributed by atoms with Crippen molar-refractivity contribution >= 4 is 17.7 Å². The summed E-state index contributed by atoms with van der Waals surface area (Å²) in [6, 6.07) is 9.03. The lowest BCUT2D eigenvalue weighted by molar-refractivity contribution is -0.142. The Morgan fingerprint density at radius 2 is 1.82 bits per heavy atom. The zero-order valence-electron chi connectivity index (χ0n) is 21.7. The van der Waals surface area contributed by atoms with Gasteiger partial charge >= 0.3 is 0 Å². The summed E-state index contributed by atoms with van der Waals surface area (Å²) >= 11 is 0. The fraction of sp³-hybridized carbons (Fsp3) is 0.654. The van der Waals surface area contributed by atoms with Crippen molar-refractivity contribution in [2.24, 2.45) is 5.41 Å². The summed E-state index contributed by atoms with van der Waals surface area (Å²) in [6.45, 7) is 9.67. The summed E-state index contributed by atoms with van der Waals surface area (Å²) in [5.41, 5.74) is 0.737. The number of rotatable bonds is 11. The summed E-state index contributed by atoms with van der Waals surface area (Å²) in [5.74, 6) is -0.239. The Kier molecular flexibility index (Phi) is 10.5. The smallest absolute Gasteiger partial charge is 0.246 e. The summed E-state index contributed by atoms with van der Waals surface area (Å²) in [5, 5.41) is 8.85. The molecule has 1 heterocycles. The maximum Gasteiger partial charge on any atom is 0.246 e. The SMILES string of the molecule is CNCC(=O)N(CCc1ccccc1)CC1CCCN1C(=O)C(NC(=O)[C@H](C)NC)C(C)(C)C. The minimum Gasteiger partial charge on any atom is -0.342 e. The zero-order valence-corrected chi connectivity index (χ0v) is 21.7. The van der Waals surface area contributed by atoms with E-state index in [0.717, 1.165) is 19.3 Å². The predicted octanol–water partition coefficient (Wildman–Crippen LogP) is 1.41. The van der Waals surface area contributed by atoms with Crippen molar-refractivity contribution in [1.82, 2.24) is 25.8 Å². The lowest BCUT2D eigenvalue weighted by Crippen LogP contribution is -2.59. The molecule has 0 saturated carbocycles. The van der Waals surface area contributed by atoms with E-state index in [2.05, 4.69) is 28.1 Å². The Morgan fingerprint density at radius 1 is 1.15 bits per heavy atom. The third kappa shape index (κ3) is 7.81. The highest BCUT2D eigenvalue weighted by Gasteiger charge is 2.40. The van der Waals surface area contributed by atoms with Gasteiger partial charge in [0.15, 0.2) is 0 Å². The van der Waals surface area contributed by atoms with Crippen LogP contribution in [0.4, 0.5) is 0 Å². The average Bonchev–Trinajstić information content (AvgIpc) is 3.27. The van der Waals surface area contributed by atoms with Gasteiger partial charge in [0.2, 0.25) is 17.7 Å². The molecule has 2 unspecified atom stereocenters. The Balaban J connectivity index is 2.15. The first kappa shape index (κ1) is 27.8. The first-order chi connectivity index (χ1) is 16.1. The quantitative estimate of drug-likeness (QED) is 0.452. The number of nitrogens with zero attached hydrogens (tertiary/aromatic N) is 2. The number of carbonyl (C=O) groups excluding carboxylic acids is 3. The molecule has 8 heteroatoms. The van der Waals surface area contributed by atoms with Crippen molar-refractivity contribution in [3.05, 3.63) is 35.9 Å². The first-order valence-electron chi connectivity index (χ1n) is 12.3. The van der Waals surface area contributed by atoms with E-state index < -0.39 is 11.5 Å². The van der Waals surface area contributed by atoms with Crippen molar-refractivity contribution in [3.8, 4) is 0 Å². The number of carbonyl (C=O) groups is 3. The number of likely N-dealkylation sites (N-methyl/N-ethyl adjacent to an activating group) is 2. The number of hydrogen-bond donors (Lipinski definition) is 3. The van der Waals surface area contributed by atoms with E-state index in [-0.39, 0.29) is 36.3 Å². The van der Waals surface area contributed by atoms with Gasteiger partial charge < -0.3 is 25.8 Å². The van der Waals surface area contributed by atoms with Crippen molar-refractivity contribution < 1.29 is 14.4 Å². The van der Waals surface area contributed by atoms with Crippen molar-refractivity contribution in [2.45, 2.75) is 65.1 Å². The van der Waals surface area contributed by atoms with E-state index in [1.54, 1.807) is 21.0 Å². The van der Waals surface area contributed by atoms with Crippen LogP contribution in [0.25, 0.3) is 0 Å². The third-order valence-electron chi connectivity index (χ3n) is 6.51. The van der Waals surface area contributed by atoms with Gasteiger partial charge in [-0.2, -0.15) is 0 Å². The van der Waals surface area contributed by atoms with E-state index in [0.29, 0.717) is 19.6 Å². The molecule has 34 heavy (non-hydrogen) atoms. The van der Waals surface area contributed by atoms with Gasteiger partial charge in [0.1, 0.15) is 6.04 Å². The summed E-state index contributed by atoms with van der Waals surface area (Å²) in [6.07, 6.45) is 2.50. The molecule has 1 aromatic carbocycles. The van der Waals surface area contributed by atoms with E-state index in [9.17, 15) is 14.4 Å². The Bertz CT molecular complexity index is 808. The molecule has 190 valence electrons. The highest BCUT2D eigenvalue weighted by atomic mass is 16.2. The van der Waals surface area contributed by atoms with Crippen LogP contribution in [0.3, 0.4) is 0 Å². The normalized spacial score (nSPS) is 17.8. The standard InChI is InChI=1S/C26H43N5O3/c1-19(28-6)24(33)29-23(26(2,3)4)25(34)31-15-10-13-21(31)18-30(22(32)17-27-5)16-14-20-11-8-7-9-12-20/h7-9,11-12,19,21,23,27-28H,10,13-18H2,1-6H3,(H,29,33)/t19-,21?,23?/m0/s1. The lowest BCUT2D eigenvalue weighted by atomic mass is 9.85. The van der Waals surface area contributed by atoms with Gasteiger partial charge in [0.05, 0.1) is 12.6 Å². The van der Waals surface area contributed by atoms with Crippen LogP contribution in [0.15, 0.2) is 30.3 Å². The van der Waals surface area contributed by atoms with Crippen LogP contribution in [-0.4, -0.2) is 85.9 Å². The molecule has 1 fully saturated rings. The van der Waals surface area contributed by atoms with Crippen molar-refractivity contribution in [3.63, 3.8) is 0 Å². The summed E-state index contributed by atoms with van der Waals surface area (Å²) in [7, 11) is 3.49. The van der Waals surface area contributed by atoms with Crippen LogP contribution in [-0.2, 0) is 20.8 Å². The van der Waals surface area contributed by atoms with Gasteiger partial charge in [0, 0.05) is 25.7 Å². The summed E-state index contributed by atoms with van der Waals surface area (Å²) in [4.78, 5) is 42.9. The molecular weight excluding hydrogens is 430 g/mol. The number of nitrogens with one attached hydrogen (secondary N) is 3. The zero-order chi connectivity index (χ0) is 25.3. The fourth-order valence-electron chi connectivity index (χ4n) is 4.27. The molecule has 3 N–H and O–H groups in total. The molecule has 3 atom stereocenters. The Hall–Kier alpha value is -2.45. The van der Waals surface area contributed by atoms with Crippen molar-refractivity contribution in [1.29, 1.82) is 0 Å². The van der Waals surface area contributed by atoms with E-state index >= 15 is 0 Å². The molecule has 0 spiro atoms. The van der Waals surface area contributed by atoms with Crippen LogP contribution in [0.1, 0.15) is 46.1 Å². The van der Waals surface area contributed by atoms with Crippen LogP contribution < -0.4 is 16.0 Å². The van der Waals surface area contributed by atoms with E-state index in [1.165, 1.54) is 5.56 Å². The second kappa shape index (κ2) is 12.9. The van der Waals surface area contributed by atoms with Gasteiger partial charge in [0.25, 0.3) is 0 Å². The van der Waals surface area contributed by atoms with Crippen molar-refractivity contribution in [2.75, 3.05) is 40.3 Å². The summed E-state index contributed by atoms with van der Waals surface area (Å²) < 4.78 is 0. The number of amides is 3. The first-order valence-corrected chi connectivity index (χ1v) is 12.3. The molecule has 1 saturated heterocycles. The maximum atomic E-state index is 13.7. The molecule has 1 aliphatic rings. The van der Waals surface area contributed by atoms with Gasteiger partial charge in [-0.1, -0.05) is 51.1 Å². The fourth-order valence-corrected chi connectivity index (χ4v) is 4.27. The second-order valence-electron chi connectivity index (χ2n) is 10.3. The second-order valence-corrected chi connectivity index (χ2v) is 10.3. The lowest BCUT2D eigenvalue weighted by Gasteiger charge is -2.37. The number of likely N-dealkylation sites (tertiary alicyclic amines) is 1. The third-order valence-corrected chi connectivity index (χ3v) is 6.51. The van der Waals surface area contributed by atoms with Gasteiger partial charge in [-0.15, -0.1) is 0 Å². The van der Waals surface area contributed by atoms with Gasteiger partial charge in [-0.3, -0.25) is 14.4 Å². The molecule has 2 rings (SSSR count).